The highest BCUT2D eigenvalue weighted by Gasteiger charge is 2.11. The fourth-order valence-corrected chi connectivity index (χ4v) is 2.57. The number of nitrogens with zero attached hydrogens (tertiary/aromatic N) is 2. The number of H-pyrrole nitrogens is 1. The topological polar surface area (TPSA) is 92.0 Å². The average Bonchev–Trinajstić information content (AvgIpc) is 3.15. The number of halogens is 1. The van der Waals surface area contributed by atoms with Crippen molar-refractivity contribution >= 4 is 29.3 Å². The highest BCUT2D eigenvalue weighted by molar-refractivity contribution is 7.98. The number of carboxylic acid groups (broad SMARTS) is 1. The number of rotatable bonds is 5. The highest BCUT2D eigenvalue weighted by atomic mass is 35.5. The van der Waals surface area contributed by atoms with Crippen LogP contribution in [0.25, 0.3) is 11.4 Å². The summed E-state index contributed by atoms with van der Waals surface area (Å²) < 4.78 is 5.17. The van der Waals surface area contributed by atoms with E-state index in [9.17, 15) is 4.79 Å². The van der Waals surface area contributed by atoms with E-state index in [4.69, 9.17) is 21.1 Å². The van der Waals surface area contributed by atoms with Crippen LogP contribution in [-0.4, -0.2) is 26.3 Å². The number of nitrogens with one attached hydrogen (secondary N) is 1. The second kappa shape index (κ2) is 6.25. The summed E-state index contributed by atoms with van der Waals surface area (Å²) in [5, 5.41) is 17.0. The predicted molar refractivity (Wildman–Crippen MR) is 82.1 cm³/mol. The molecular formula is C14H10ClN3O3S. The summed E-state index contributed by atoms with van der Waals surface area (Å²) in [4.78, 5) is 15.1. The van der Waals surface area contributed by atoms with E-state index in [2.05, 4.69) is 15.2 Å². The number of hydrogen-bond donors (Lipinski definition) is 2. The van der Waals surface area contributed by atoms with Gasteiger partial charge in [0.05, 0.1) is 5.75 Å². The van der Waals surface area contributed by atoms with Crippen molar-refractivity contribution in [1.29, 1.82) is 0 Å². The number of benzene rings is 1. The van der Waals surface area contributed by atoms with E-state index in [0.29, 0.717) is 27.5 Å². The molecule has 0 unspecified atom stereocenters. The van der Waals surface area contributed by atoms with Crippen molar-refractivity contribution in [2.75, 3.05) is 0 Å². The molecule has 0 bridgehead atoms. The summed E-state index contributed by atoms with van der Waals surface area (Å²) in [5.74, 6) is 0.488. The number of carbonyl (C=O) groups is 1. The molecule has 0 aliphatic heterocycles. The third-order valence-corrected chi connectivity index (χ3v) is 3.92. The Hall–Kier alpha value is -2.25. The maximum atomic E-state index is 10.7. The van der Waals surface area contributed by atoms with Gasteiger partial charge in [-0.05, 0) is 36.4 Å². The van der Waals surface area contributed by atoms with Crippen LogP contribution in [0.15, 0.2) is 46.0 Å². The molecule has 0 saturated heterocycles. The second-order valence-electron chi connectivity index (χ2n) is 4.33. The van der Waals surface area contributed by atoms with Crippen LogP contribution in [0.1, 0.15) is 16.3 Å². The second-order valence-corrected chi connectivity index (χ2v) is 5.71. The quantitative estimate of drug-likeness (QED) is 0.690. The third kappa shape index (κ3) is 3.32. The molecule has 0 spiro atoms. The standard InChI is InChI=1S/C14H10ClN3O3S/c15-9-3-1-8(2-4-9)12-16-14(18-17-12)22-7-10-5-6-11(21-10)13(19)20/h1-6H,7H2,(H,19,20)(H,16,17,18). The first-order valence-electron chi connectivity index (χ1n) is 6.25. The fourth-order valence-electron chi connectivity index (χ4n) is 1.75. The molecule has 0 fully saturated rings. The zero-order valence-electron chi connectivity index (χ0n) is 11.1. The molecule has 22 heavy (non-hydrogen) atoms. The number of furan rings is 1. The first-order valence-corrected chi connectivity index (χ1v) is 7.61. The van der Waals surface area contributed by atoms with Gasteiger partial charge in [-0.1, -0.05) is 23.4 Å². The first-order chi connectivity index (χ1) is 10.6. The van der Waals surface area contributed by atoms with E-state index in [-0.39, 0.29) is 5.76 Å². The highest BCUT2D eigenvalue weighted by Crippen LogP contribution is 2.24. The first kappa shape index (κ1) is 14.7. The molecule has 3 rings (SSSR count). The van der Waals surface area contributed by atoms with Crippen LogP contribution in [0, 0.1) is 0 Å². The van der Waals surface area contributed by atoms with Crippen molar-refractivity contribution < 1.29 is 14.3 Å². The summed E-state index contributed by atoms with van der Waals surface area (Å²) in [7, 11) is 0. The van der Waals surface area contributed by atoms with Gasteiger partial charge in [0.2, 0.25) is 10.9 Å². The van der Waals surface area contributed by atoms with Gasteiger partial charge >= 0.3 is 5.97 Å². The summed E-state index contributed by atoms with van der Waals surface area (Å²) >= 11 is 7.19. The Morgan fingerprint density at radius 1 is 1.27 bits per heavy atom. The van der Waals surface area contributed by atoms with Crippen molar-refractivity contribution in [3.63, 3.8) is 0 Å². The van der Waals surface area contributed by atoms with Crippen LogP contribution in [0.5, 0.6) is 0 Å². The smallest absolute Gasteiger partial charge is 0.371 e. The van der Waals surface area contributed by atoms with Gasteiger partial charge in [0.15, 0.2) is 5.82 Å². The molecule has 3 aromatic rings. The molecule has 0 amide bonds. The minimum atomic E-state index is -1.08. The maximum Gasteiger partial charge on any atom is 0.371 e. The molecule has 0 radical (unpaired) electrons. The lowest BCUT2D eigenvalue weighted by Crippen LogP contribution is -1.91. The van der Waals surface area contributed by atoms with Crippen LogP contribution in [-0.2, 0) is 5.75 Å². The molecule has 0 saturated carbocycles. The largest absolute Gasteiger partial charge is 0.475 e. The van der Waals surface area contributed by atoms with Gasteiger partial charge in [0, 0.05) is 10.6 Å². The van der Waals surface area contributed by atoms with E-state index in [1.807, 2.05) is 12.1 Å². The SMILES string of the molecule is O=C(O)c1ccc(CSc2n[nH]c(-c3ccc(Cl)cc3)n2)o1. The van der Waals surface area contributed by atoms with Gasteiger partial charge < -0.3 is 9.52 Å². The van der Waals surface area contributed by atoms with Crippen LogP contribution in [0.3, 0.4) is 0 Å². The fraction of sp³-hybridized carbons (Fsp3) is 0.0714. The molecule has 112 valence electrons. The molecule has 0 aliphatic rings. The van der Waals surface area contributed by atoms with E-state index in [1.54, 1.807) is 18.2 Å². The molecular weight excluding hydrogens is 326 g/mol. The Kier molecular flexibility index (Phi) is 4.17. The van der Waals surface area contributed by atoms with Gasteiger partial charge in [-0.2, -0.15) is 0 Å². The molecule has 2 N–H and O–H groups in total. The van der Waals surface area contributed by atoms with E-state index >= 15 is 0 Å². The van der Waals surface area contributed by atoms with Crippen LogP contribution >= 0.6 is 23.4 Å². The molecule has 0 atom stereocenters. The number of aromatic amines is 1. The molecule has 2 heterocycles. The van der Waals surface area contributed by atoms with Gasteiger partial charge in [-0.3, -0.25) is 5.10 Å². The van der Waals surface area contributed by atoms with Crippen molar-refractivity contribution in [1.82, 2.24) is 15.2 Å². The molecule has 1 aromatic carbocycles. The predicted octanol–water partition coefficient (Wildman–Crippen LogP) is 3.71. The summed E-state index contributed by atoms with van der Waals surface area (Å²) in [6.07, 6.45) is 0. The monoisotopic (exact) mass is 335 g/mol. The lowest BCUT2D eigenvalue weighted by atomic mass is 10.2. The number of carboxylic acids is 1. The van der Waals surface area contributed by atoms with Gasteiger partial charge in [-0.15, -0.1) is 5.10 Å². The number of aromatic carboxylic acids is 1. The average molecular weight is 336 g/mol. The summed E-state index contributed by atoms with van der Waals surface area (Å²) in [6, 6.07) is 10.3. The van der Waals surface area contributed by atoms with Crippen LogP contribution < -0.4 is 0 Å². The van der Waals surface area contributed by atoms with Gasteiger partial charge in [0.25, 0.3) is 0 Å². The summed E-state index contributed by atoms with van der Waals surface area (Å²) in [6.45, 7) is 0. The lowest BCUT2D eigenvalue weighted by molar-refractivity contribution is 0.0661. The minimum absolute atomic E-state index is 0.0764. The Morgan fingerprint density at radius 3 is 2.73 bits per heavy atom. The third-order valence-electron chi connectivity index (χ3n) is 2.80. The molecule has 0 aliphatic carbocycles. The molecule has 6 nitrogen and oxygen atoms in total. The van der Waals surface area contributed by atoms with Gasteiger partial charge in [0.1, 0.15) is 5.76 Å². The Labute approximate surface area is 134 Å². The van der Waals surface area contributed by atoms with Crippen LogP contribution in [0.2, 0.25) is 5.02 Å². The molecule has 2 aromatic heterocycles. The van der Waals surface area contributed by atoms with E-state index in [1.165, 1.54) is 17.8 Å². The summed E-state index contributed by atoms with van der Waals surface area (Å²) in [5.41, 5.74) is 0.884. The van der Waals surface area contributed by atoms with Crippen molar-refractivity contribution in [3.05, 3.63) is 52.9 Å². The van der Waals surface area contributed by atoms with Gasteiger partial charge in [-0.25, -0.2) is 9.78 Å². The zero-order chi connectivity index (χ0) is 15.5. The number of thioether (sulfide) groups is 1. The zero-order valence-corrected chi connectivity index (χ0v) is 12.7. The van der Waals surface area contributed by atoms with E-state index in [0.717, 1.165) is 5.56 Å². The Bertz CT molecular complexity index is 798. The molecule has 8 heteroatoms. The van der Waals surface area contributed by atoms with Crippen LogP contribution in [0.4, 0.5) is 0 Å². The van der Waals surface area contributed by atoms with Crippen molar-refractivity contribution in [2.45, 2.75) is 10.9 Å². The lowest BCUT2D eigenvalue weighted by Gasteiger charge is -1.95. The minimum Gasteiger partial charge on any atom is -0.475 e. The Balaban J connectivity index is 1.66. The normalized spacial score (nSPS) is 10.8. The number of hydrogen-bond acceptors (Lipinski definition) is 5. The van der Waals surface area contributed by atoms with Crippen molar-refractivity contribution in [2.24, 2.45) is 0 Å². The van der Waals surface area contributed by atoms with E-state index < -0.39 is 5.97 Å². The van der Waals surface area contributed by atoms with Crippen molar-refractivity contribution in [3.8, 4) is 11.4 Å². The maximum absolute atomic E-state index is 10.7. The number of aromatic nitrogens is 3. The Morgan fingerprint density at radius 2 is 2.05 bits per heavy atom.